The quantitative estimate of drug-likeness (QED) is 0.587. The van der Waals surface area contributed by atoms with Crippen LogP contribution in [-0.2, 0) is 10.7 Å². The van der Waals surface area contributed by atoms with Gasteiger partial charge in [-0.1, -0.05) is 0 Å². The average Bonchev–Trinajstić information content (AvgIpc) is 2.18. The Hall–Kier alpha value is -1.23. The Morgan fingerprint density at radius 2 is 1.95 bits per heavy atom. The fraction of sp³-hybridized carbons (Fsp3) is 0.538. The second-order valence-corrected chi connectivity index (χ2v) is 7.43. The molecule has 112 valence electrons. The van der Waals surface area contributed by atoms with Gasteiger partial charge < -0.3 is 14.9 Å². The van der Waals surface area contributed by atoms with Crippen LogP contribution in [0.5, 0.6) is 5.75 Å². The molecule has 0 radical (unpaired) electrons. The molecule has 1 aromatic rings. The topological polar surface area (TPSA) is 103 Å². The highest BCUT2D eigenvalue weighted by Crippen LogP contribution is 2.41. The summed E-state index contributed by atoms with van der Waals surface area (Å²) in [7, 11) is -4.25. The normalized spacial score (nSPS) is 13.7. The van der Waals surface area contributed by atoms with Gasteiger partial charge in [-0.3, -0.25) is 14.5 Å². The second-order valence-electron chi connectivity index (χ2n) is 5.78. The van der Waals surface area contributed by atoms with Crippen LogP contribution in [0.4, 0.5) is 0 Å². The molecular weight excluding hydrogens is 279 g/mol. The van der Waals surface area contributed by atoms with Gasteiger partial charge in [0.2, 0.25) is 0 Å². The van der Waals surface area contributed by atoms with Gasteiger partial charge in [0.25, 0.3) is 0 Å². The molecule has 1 rings (SSSR count). The molecule has 0 amide bonds. The number of aryl methyl sites for hydroxylation is 1. The molecule has 20 heavy (non-hydrogen) atoms. The first kappa shape index (κ1) is 16.8. The molecule has 0 bridgehead atoms. The van der Waals surface area contributed by atoms with Crippen molar-refractivity contribution in [3.05, 3.63) is 23.0 Å². The first-order valence-electron chi connectivity index (χ1n) is 6.19. The first-order chi connectivity index (χ1) is 8.91. The fourth-order valence-corrected chi connectivity index (χ4v) is 2.62. The van der Waals surface area contributed by atoms with Gasteiger partial charge in [0.05, 0.1) is 17.4 Å². The summed E-state index contributed by atoms with van der Waals surface area (Å²) in [4.78, 5) is 26.7. The van der Waals surface area contributed by atoms with Crippen LogP contribution < -0.4 is 0 Å². The monoisotopic (exact) mass is 300 g/mol. The summed E-state index contributed by atoms with van der Waals surface area (Å²) in [6.45, 7) is 9.06. The average molecular weight is 300 g/mol. The van der Waals surface area contributed by atoms with Crippen molar-refractivity contribution in [3.8, 4) is 5.75 Å². The van der Waals surface area contributed by atoms with Crippen LogP contribution in [0.25, 0.3) is 0 Å². The van der Waals surface area contributed by atoms with Gasteiger partial charge in [0.15, 0.2) is 0 Å². The van der Waals surface area contributed by atoms with Crippen molar-refractivity contribution in [3.63, 3.8) is 0 Å². The van der Waals surface area contributed by atoms with Crippen molar-refractivity contribution in [1.82, 2.24) is 4.98 Å². The molecule has 0 aliphatic rings. The Bertz CT molecular complexity index is 585. The number of aromatic nitrogens is 1. The van der Waals surface area contributed by atoms with E-state index in [2.05, 4.69) is 9.98 Å². The summed E-state index contributed by atoms with van der Waals surface area (Å²) in [6.07, 6.45) is 0.908. The highest BCUT2D eigenvalue weighted by molar-refractivity contribution is 7.50. The zero-order valence-corrected chi connectivity index (χ0v) is 13.3. The molecule has 0 fully saturated rings. The lowest BCUT2D eigenvalue weighted by molar-refractivity contribution is 0.371. The molecule has 0 aliphatic carbocycles. The lowest BCUT2D eigenvalue weighted by Crippen LogP contribution is -2.15. The minimum absolute atomic E-state index is 0.0820. The fourth-order valence-electron chi connectivity index (χ4n) is 1.94. The van der Waals surface area contributed by atoms with Crippen molar-refractivity contribution in [2.45, 2.75) is 46.3 Å². The van der Waals surface area contributed by atoms with Gasteiger partial charge in [0.1, 0.15) is 5.75 Å². The zero-order valence-electron chi connectivity index (χ0n) is 12.4. The van der Waals surface area contributed by atoms with E-state index in [1.807, 2.05) is 20.8 Å². The van der Waals surface area contributed by atoms with E-state index in [1.165, 1.54) is 6.20 Å². The van der Waals surface area contributed by atoms with Gasteiger partial charge in [-0.05, 0) is 40.2 Å². The third-order valence-corrected chi connectivity index (χ3v) is 3.31. The third kappa shape index (κ3) is 4.71. The largest absolute Gasteiger partial charge is 0.505 e. The molecule has 0 aliphatic heterocycles. The van der Waals surface area contributed by atoms with E-state index < -0.39 is 13.8 Å². The number of nitrogens with zero attached hydrogens (tertiary/aromatic N) is 2. The van der Waals surface area contributed by atoms with Crippen molar-refractivity contribution in [2.24, 2.45) is 4.99 Å². The van der Waals surface area contributed by atoms with E-state index in [1.54, 1.807) is 13.8 Å². The van der Waals surface area contributed by atoms with Crippen LogP contribution in [0.3, 0.4) is 0 Å². The molecule has 0 saturated heterocycles. The first-order valence-corrected chi connectivity index (χ1v) is 7.99. The summed E-state index contributed by atoms with van der Waals surface area (Å²) in [5.74, 6) is -0.0820. The molecule has 1 aromatic heterocycles. The smallest absolute Gasteiger partial charge is 0.329 e. The van der Waals surface area contributed by atoms with Gasteiger partial charge in [0, 0.05) is 17.5 Å². The molecule has 7 heteroatoms. The highest BCUT2D eigenvalue weighted by atomic mass is 31.2. The van der Waals surface area contributed by atoms with E-state index >= 15 is 0 Å². The van der Waals surface area contributed by atoms with Crippen molar-refractivity contribution in [1.29, 1.82) is 0 Å². The number of hydrogen-bond donors (Lipinski definition) is 3. The molecule has 0 atom stereocenters. The number of aromatic hydroxyl groups is 1. The molecule has 3 N–H and O–H groups in total. The van der Waals surface area contributed by atoms with Gasteiger partial charge in [-0.15, -0.1) is 0 Å². The van der Waals surface area contributed by atoms with Crippen LogP contribution in [0.15, 0.2) is 11.2 Å². The van der Waals surface area contributed by atoms with Crippen LogP contribution in [0.1, 0.15) is 44.5 Å². The molecule has 0 spiro atoms. The molecular formula is C13H21N2O4P. The number of aliphatic imine (C=N–C) groups is 1. The van der Waals surface area contributed by atoms with Crippen LogP contribution in [-0.4, -0.2) is 31.1 Å². The predicted molar refractivity (Wildman–Crippen MR) is 78.4 cm³/mol. The maximum Gasteiger partial charge on any atom is 0.329 e. The third-order valence-electron chi connectivity index (χ3n) is 2.56. The molecule has 0 aromatic carbocycles. The van der Waals surface area contributed by atoms with Gasteiger partial charge >= 0.3 is 7.60 Å². The molecule has 6 nitrogen and oxygen atoms in total. The lowest BCUT2D eigenvalue weighted by atomic mass is 10.0. The van der Waals surface area contributed by atoms with Gasteiger partial charge in [-0.2, -0.15) is 0 Å². The summed E-state index contributed by atoms with van der Waals surface area (Å²) >= 11 is 0. The van der Waals surface area contributed by atoms with Crippen LogP contribution in [0.2, 0.25) is 0 Å². The zero-order chi connectivity index (χ0) is 15.7. The van der Waals surface area contributed by atoms with Crippen molar-refractivity contribution >= 4 is 13.3 Å². The minimum Gasteiger partial charge on any atom is -0.505 e. The summed E-state index contributed by atoms with van der Waals surface area (Å²) in [6, 6.07) is 0. The Morgan fingerprint density at radius 3 is 2.40 bits per heavy atom. The van der Waals surface area contributed by atoms with E-state index in [9.17, 15) is 9.67 Å². The summed E-state index contributed by atoms with van der Waals surface area (Å²) in [5.41, 5.74) is 1.23. The SMILES string of the molecule is CC(=NC(C)(C)C)c1c(CP(=O)(O)O)cnc(C)c1O. The Morgan fingerprint density at radius 1 is 1.40 bits per heavy atom. The minimum atomic E-state index is -4.25. The standard InChI is InChI=1S/C13H21N2O4P/c1-8(15-13(3,4)5)11-10(7-20(17,18)19)6-14-9(2)12(11)16/h6,16H,7H2,1-5H3,(H2,17,18,19). The van der Waals surface area contributed by atoms with E-state index in [4.69, 9.17) is 9.79 Å². The lowest BCUT2D eigenvalue weighted by Gasteiger charge is -2.18. The highest BCUT2D eigenvalue weighted by Gasteiger charge is 2.22. The number of hydrogen-bond acceptors (Lipinski definition) is 4. The van der Waals surface area contributed by atoms with E-state index in [0.717, 1.165) is 0 Å². The van der Waals surface area contributed by atoms with E-state index in [0.29, 0.717) is 22.5 Å². The number of rotatable bonds is 3. The second kappa shape index (κ2) is 5.64. The summed E-state index contributed by atoms with van der Waals surface area (Å²) in [5, 5.41) is 10.1. The Labute approximate surface area is 118 Å². The van der Waals surface area contributed by atoms with Crippen LogP contribution >= 0.6 is 7.60 Å². The Balaban J connectivity index is 3.46. The molecule has 1 heterocycles. The number of pyridine rings is 1. The van der Waals surface area contributed by atoms with Crippen LogP contribution in [0, 0.1) is 6.92 Å². The Kier molecular flexibility index (Phi) is 4.74. The maximum atomic E-state index is 11.2. The van der Waals surface area contributed by atoms with Crippen molar-refractivity contribution in [2.75, 3.05) is 0 Å². The molecule has 0 saturated carbocycles. The molecule has 0 unspecified atom stereocenters. The predicted octanol–water partition coefficient (Wildman–Crippen LogP) is 2.38. The summed E-state index contributed by atoms with van der Waals surface area (Å²) < 4.78 is 11.2. The van der Waals surface area contributed by atoms with E-state index in [-0.39, 0.29) is 11.3 Å². The van der Waals surface area contributed by atoms with Gasteiger partial charge in [-0.25, -0.2) is 0 Å². The maximum absolute atomic E-state index is 11.2. The van der Waals surface area contributed by atoms with Crippen molar-refractivity contribution < 1.29 is 19.5 Å².